The summed E-state index contributed by atoms with van der Waals surface area (Å²) in [5, 5.41) is 0.307. The van der Waals surface area contributed by atoms with Gasteiger partial charge in [-0.25, -0.2) is 4.39 Å². The Morgan fingerprint density at radius 3 is 2.51 bits per heavy atom. The molecule has 3 heterocycles. The van der Waals surface area contributed by atoms with Gasteiger partial charge in [0.25, 0.3) is 11.8 Å². The Kier molecular flexibility index (Phi) is 5.24. The fourth-order valence-corrected chi connectivity index (χ4v) is 5.52. The highest BCUT2D eigenvalue weighted by atomic mass is 19.1. The van der Waals surface area contributed by atoms with Crippen LogP contribution in [0.5, 0.6) is 0 Å². The van der Waals surface area contributed by atoms with Crippen LogP contribution in [0.1, 0.15) is 32.8 Å². The Bertz CT molecular complexity index is 1640. The van der Waals surface area contributed by atoms with E-state index < -0.39 is 22.8 Å². The Morgan fingerprint density at radius 1 is 1.00 bits per heavy atom. The van der Waals surface area contributed by atoms with Crippen LogP contribution < -0.4 is 10.3 Å². The molecular formula is C29H23FN2O5. The van der Waals surface area contributed by atoms with Crippen molar-refractivity contribution in [2.24, 2.45) is 0 Å². The minimum absolute atomic E-state index is 0.0192. The number of carbonyl (C=O) groups excluding carboxylic acids is 2. The second-order valence-electron chi connectivity index (χ2n) is 9.33. The number of methoxy groups -OCH3 is 1. The topological polar surface area (TPSA) is 80.1 Å². The zero-order chi connectivity index (χ0) is 25.9. The highest BCUT2D eigenvalue weighted by Crippen LogP contribution is 2.52. The first-order chi connectivity index (χ1) is 17.9. The van der Waals surface area contributed by atoms with E-state index >= 15 is 0 Å². The van der Waals surface area contributed by atoms with E-state index in [1.807, 2.05) is 6.92 Å². The molecule has 1 unspecified atom stereocenters. The molecule has 2 amide bonds. The number of aryl methyl sites for hydroxylation is 1. The summed E-state index contributed by atoms with van der Waals surface area (Å²) in [6, 6.07) is 18.2. The fourth-order valence-electron chi connectivity index (χ4n) is 5.52. The molecule has 6 rings (SSSR count). The van der Waals surface area contributed by atoms with Crippen LogP contribution in [0.25, 0.3) is 11.0 Å². The Morgan fingerprint density at radius 2 is 1.76 bits per heavy atom. The molecule has 0 radical (unpaired) electrons. The van der Waals surface area contributed by atoms with Gasteiger partial charge in [-0.2, -0.15) is 0 Å². The number of hydrogen-bond acceptors (Lipinski definition) is 5. The molecule has 2 aliphatic rings. The predicted octanol–water partition coefficient (Wildman–Crippen LogP) is 4.13. The summed E-state index contributed by atoms with van der Waals surface area (Å²) in [5.74, 6) is -1.50. The number of hydrogen-bond donors (Lipinski definition) is 0. The summed E-state index contributed by atoms with van der Waals surface area (Å²) in [7, 11) is 1.51. The normalized spacial score (nSPS) is 18.2. The quantitative estimate of drug-likeness (QED) is 0.413. The van der Waals surface area contributed by atoms with E-state index in [4.69, 9.17) is 9.15 Å². The second-order valence-corrected chi connectivity index (χ2v) is 9.33. The van der Waals surface area contributed by atoms with Gasteiger partial charge < -0.3 is 19.0 Å². The first kappa shape index (κ1) is 23.1. The van der Waals surface area contributed by atoms with Crippen LogP contribution in [0.3, 0.4) is 0 Å². The van der Waals surface area contributed by atoms with Crippen molar-refractivity contribution in [3.63, 3.8) is 0 Å². The molecule has 8 heteroatoms. The van der Waals surface area contributed by atoms with Gasteiger partial charge in [-0.15, -0.1) is 0 Å². The van der Waals surface area contributed by atoms with E-state index in [1.165, 1.54) is 24.1 Å². The van der Waals surface area contributed by atoms with E-state index in [2.05, 4.69) is 0 Å². The molecule has 0 N–H and O–H groups in total. The van der Waals surface area contributed by atoms with Crippen molar-refractivity contribution < 1.29 is 23.1 Å². The van der Waals surface area contributed by atoms with Crippen LogP contribution in [0.4, 0.5) is 10.1 Å². The van der Waals surface area contributed by atoms with Crippen LogP contribution in [-0.4, -0.2) is 37.0 Å². The summed E-state index contributed by atoms with van der Waals surface area (Å²) in [6.07, 6.45) is 0. The highest BCUT2D eigenvalue weighted by Gasteiger charge is 2.64. The molecule has 1 atom stereocenters. The number of fused-ring (bicyclic) bond motifs is 5. The minimum atomic E-state index is -1.71. The highest BCUT2D eigenvalue weighted by molar-refractivity contribution is 6.17. The number of carbonyl (C=O) groups is 2. The molecule has 4 aromatic rings. The average molecular weight is 499 g/mol. The zero-order valence-corrected chi connectivity index (χ0v) is 20.3. The monoisotopic (exact) mass is 498 g/mol. The molecular weight excluding hydrogens is 475 g/mol. The van der Waals surface area contributed by atoms with Gasteiger partial charge in [0.1, 0.15) is 11.4 Å². The van der Waals surface area contributed by atoms with Gasteiger partial charge in [0.05, 0.1) is 29.8 Å². The maximum Gasteiger partial charge on any atom is 0.291 e. The SMILES string of the molecule is COCCN1C(=O)c2oc3ccc(C)cc3c(=O)c2C12C(=O)N(Cc1ccc(F)cc1)c1ccccc12. The predicted molar refractivity (Wildman–Crippen MR) is 135 cm³/mol. The first-order valence-electron chi connectivity index (χ1n) is 11.9. The van der Waals surface area contributed by atoms with Crippen LogP contribution in [-0.2, 0) is 21.6 Å². The minimum Gasteiger partial charge on any atom is -0.450 e. The molecule has 1 aromatic heterocycles. The van der Waals surface area contributed by atoms with E-state index in [-0.39, 0.29) is 42.4 Å². The van der Waals surface area contributed by atoms with Crippen molar-refractivity contribution in [2.75, 3.05) is 25.2 Å². The van der Waals surface area contributed by atoms with Crippen molar-refractivity contribution in [1.29, 1.82) is 0 Å². The lowest BCUT2D eigenvalue weighted by Crippen LogP contribution is -2.54. The summed E-state index contributed by atoms with van der Waals surface area (Å²) < 4.78 is 24.9. The van der Waals surface area contributed by atoms with E-state index in [9.17, 15) is 18.8 Å². The van der Waals surface area contributed by atoms with Gasteiger partial charge >= 0.3 is 0 Å². The lowest BCUT2D eigenvalue weighted by Gasteiger charge is -2.34. The van der Waals surface area contributed by atoms with Crippen LogP contribution in [0, 0.1) is 12.7 Å². The molecule has 186 valence electrons. The van der Waals surface area contributed by atoms with E-state index in [0.29, 0.717) is 22.2 Å². The largest absolute Gasteiger partial charge is 0.450 e. The molecule has 37 heavy (non-hydrogen) atoms. The molecule has 3 aromatic carbocycles. The van der Waals surface area contributed by atoms with Gasteiger partial charge in [-0.3, -0.25) is 14.4 Å². The third-order valence-corrected chi connectivity index (χ3v) is 7.16. The molecule has 0 saturated heterocycles. The maximum atomic E-state index is 14.5. The number of ether oxygens (including phenoxy) is 1. The molecule has 0 bridgehead atoms. The summed E-state index contributed by atoms with van der Waals surface area (Å²) >= 11 is 0. The third-order valence-electron chi connectivity index (χ3n) is 7.16. The van der Waals surface area contributed by atoms with Crippen LogP contribution in [0.2, 0.25) is 0 Å². The zero-order valence-electron chi connectivity index (χ0n) is 20.3. The lowest BCUT2D eigenvalue weighted by molar-refractivity contribution is -0.126. The molecule has 1 spiro atoms. The van der Waals surface area contributed by atoms with Gasteiger partial charge in [0, 0.05) is 19.2 Å². The summed E-state index contributed by atoms with van der Waals surface area (Å²) in [6.45, 7) is 2.22. The van der Waals surface area contributed by atoms with Crippen molar-refractivity contribution in [3.05, 3.63) is 111 Å². The van der Waals surface area contributed by atoms with Gasteiger partial charge in [-0.05, 0) is 42.8 Å². The van der Waals surface area contributed by atoms with Crippen molar-refractivity contribution in [1.82, 2.24) is 4.90 Å². The third kappa shape index (κ3) is 3.18. The number of halogens is 1. The number of nitrogens with zero attached hydrogens (tertiary/aromatic N) is 2. The van der Waals surface area contributed by atoms with E-state index in [1.54, 1.807) is 59.5 Å². The second kappa shape index (κ2) is 8.38. The number of anilines is 1. The van der Waals surface area contributed by atoms with Gasteiger partial charge in [-0.1, -0.05) is 42.0 Å². The Labute approximate surface area is 211 Å². The van der Waals surface area contributed by atoms with Crippen LogP contribution in [0.15, 0.2) is 75.9 Å². The smallest absolute Gasteiger partial charge is 0.291 e. The molecule has 2 aliphatic heterocycles. The average Bonchev–Trinajstić information content (AvgIpc) is 3.29. The summed E-state index contributed by atoms with van der Waals surface area (Å²) in [5.41, 5.74) is 0.827. The Balaban J connectivity index is 1.64. The van der Waals surface area contributed by atoms with Crippen molar-refractivity contribution in [2.45, 2.75) is 19.0 Å². The van der Waals surface area contributed by atoms with E-state index in [0.717, 1.165) is 5.56 Å². The summed E-state index contributed by atoms with van der Waals surface area (Å²) in [4.78, 5) is 45.4. The van der Waals surface area contributed by atoms with Crippen molar-refractivity contribution >= 4 is 28.5 Å². The molecule has 0 fully saturated rings. The van der Waals surface area contributed by atoms with Gasteiger partial charge in [0.15, 0.2) is 11.0 Å². The molecule has 7 nitrogen and oxygen atoms in total. The number of benzene rings is 3. The standard InChI is InChI=1S/C29H23FN2O5/c1-17-7-12-23-20(15-17)25(33)24-26(37-23)27(34)32(13-14-36-2)29(24)21-5-3-4-6-22(21)31(28(29)35)16-18-8-10-19(30)11-9-18/h3-12,15H,13-14,16H2,1-2H3. The fraction of sp³-hybridized carbons (Fsp3) is 0.207. The molecule has 0 saturated carbocycles. The first-order valence-corrected chi connectivity index (χ1v) is 11.9. The number of rotatable bonds is 5. The maximum absolute atomic E-state index is 14.5. The van der Waals surface area contributed by atoms with Crippen molar-refractivity contribution in [3.8, 4) is 0 Å². The lowest BCUT2D eigenvalue weighted by atomic mass is 9.84. The van der Waals surface area contributed by atoms with Gasteiger partial charge in [0.2, 0.25) is 5.76 Å². The Hall–Kier alpha value is -4.30. The molecule has 0 aliphatic carbocycles. The van der Waals surface area contributed by atoms with Crippen LogP contribution >= 0.6 is 0 Å². The number of amides is 2. The number of para-hydroxylation sites is 1.